The molecule has 2 unspecified atom stereocenters. The fourth-order valence-electron chi connectivity index (χ4n) is 1.70. The highest BCUT2D eigenvalue weighted by Gasteiger charge is 2.23. The minimum Gasteiger partial charge on any atom is -0.355 e. The van der Waals surface area contributed by atoms with E-state index in [1.165, 1.54) is 5.56 Å². The van der Waals surface area contributed by atoms with Crippen LogP contribution in [0, 0.1) is 5.92 Å². The Morgan fingerprint density at radius 1 is 1.28 bits per heavy atom. The molecule has 0 aliphatic carbocycles. The Hall–Kier alpha value is -1.35. The van der Waals surface area contributed by atoms with Crippen molar-refractivity contribution in [3.05, 3.63) is 35.9 Å². The number of hydrogen-bond acceptors (Lipinski definition) is 2. The maximum Gasteiger partial charge on any atom is 0.224 e. The van der Waals surface area contributed by atoms with E-state index in [1.54, 1.807) is 0 Å². The monoisotopic (exact) mass is 248 g/mol. The van der Waals surface area contributed by atoms with E-state index in [2.05, 4.69) is 31.3 Å². The Balaban J connectivity index is 2.60. The van der Waals surface area contributed by atoms with Gasteiger partial charge in [0.1, 0.15) is 0 Å². The SMILES string of the molecule is CC(N)C(C)C(=O)NCC(C)(C)c1ccccc1. The van der Waals surface area contributed by atoms with E-state index in [-0.39, 0.29) is 23.3 Å². The number of carbonyl (C=O) groups excluding carboxylic acids is 1. The summed E-state index contributed by atoms with van der Waals surface area (Å²) in [6.45, 7) is 8.58. The van der Waals surface area contributed by atoms with Crippen molar-refractivity contribution < 1.29 is 4.79 Å². The molecule has 0 saturated carbocycles. The van der Waals surface area contributed by atoms with Crippen molar-refractivity contribution in [1.82, 2.24) is 5.32 Å². The van der Waals surface area contributed by atoms with Gasteiger partial charge in [0.05, 0.1) is 0 Å². The van der Waals surface area contributed by atoms with Gasteiger partial charge in [0.2, 0.25) is 5.91 Å². The molecule has 0 aromatic heterocycles. The molecule has 1 aromatic rings. The van der Waals surface area contributed by atoms with Crippen molar-refractivity contribution in [2.24, 2.45) is 11.7 Å². The molecule has 0 spiro atoms. The predicted molar refractivity (Wildman–Crippen MR) is 75.3 cm³/mol. The van der Waals surface area contributed by atoms with Gasteiger partial charge in [-0.05, 0) is 12.5 Å². The molecule has 3 nitrogen and oxygen atoms in total. The summed E-state index contributed by atoms with van der Waals surface area (Å²) in [5, 5.41) is 2.98. The van der Waals surface area contributed by atoms with Crippen LogP contribution in [0.2, 0.25) is 0 Å². The second kappa shape index (κ2) is 6.01. The van der Waals surface area contributed by atoms with Crippen LogP contribution in [-0.2, 0) is 10.2 Å². The third kappa shape index (κ3) is 3.84. The molecule has 0 radical (unpaired) electrons. The summed E-state index contributed by atoms with van der Waals surface area (Å²) >= 11 is 0. The number of carbonyl (C=O) groups is 1. The lowest BCUT2D eigenvalue weighted by Gasteiger charge is -2.27. The quantitative estimate of drug-likeness (QED) is 0.838. The van der Waals surface area contributed by atoms with Crippen LogP contribution in [0.5, 0.6) is 0 Å². The van der Waals surface area contributed by atoms with Gasteiger partial charge in [-0.3, -0.25) is 4.79 Å². The Morgan fingerprint density at radius 3 is 2.33 bits per heavy atom. The average Bonchev–Trinajstić information content (AvgIpc) is 2.36. The fourth-order valence-corrected chi connectivity index (χ4v) is 1.70. The summed E-state index contributed by atoms with van der Waals surface area (Å²) in [5.74, 6) is -0.134. The predicted octanol–water partition coefficient (Wildman–Crippen LogP) is 2.06. The minimum absolute atomic E-state index is 0.0222. The molecule has 0 fully saturated rings. The Bertz CT molecular complexity index is 385. The van der Waals surface area contributed by atoms with Gasteiger partial charge in [0.25, 0.3) is 0 Å². The molecule has 100 valence electrons. The van der Waals surface area contributed by atoms with Gasteiger partial charge in [0, 0.05) is 23.9 Å². The van der Waals surface area contributed by atoms with E-state index in [4.69, 9.17) is 5.73 Å². The van der Waals surface area contributed by atoms with Gasteiger partial charge in [-0.15, -0.1) is 0 Å². The summed E-state index contributed by atoms with van der Waals surface area (Å²) in [4.78, 5) is 11.9. The minimum atomic E-state index is -0.156. The molecule has 18 heavy (non-hydrogen) atoms. The van der Waals surface area contributed by atoms with E-state index >= 15 is 0 Å². The molecule has 0 bridgehead atoms. The standard InChI is InChI=1S/C15H24N2O/c1-11(12(2)16)14(18)17-10-15(3,4)13-8-6-5-7-9-13/h5-9,11-12H,10,16H2,1-4H3,(H,17,18). The highest BCUT2D eigenvalue weighted by atomic mass is 16.1. The van der Waals surface area contributed by atoms with Crippen LogP contribution >= 0.6 is 0 Å². The molecule has 1 aromatic carbocycles. The normalized spacial score (nSPS) is 14.9. The molecule has 3 heteroatoms. The van der Waals surface area contributed by atoms with Gasteiger partial charge in [-0.1, -0.05) is 51.1 Å². The Morgan fingerprint density at radius 2 is 1.83 bits per heavy atom. The lowest BCUT2D eigenvalue weighted by Crippen LogP contribution is -2.43. The first-order chi connectivity index (χ1) is 8.34. The van der Waals surface area contributed by atoms with Crippen LogP contribution in [0.15, 0.2) is 30.3 Å². The molecule has 0 saturated heterocycles. The lowest BCUT2D eigenvalue weighted by molar-refractivity contribution is -0.125. The van der Waals surface area contributed by atoms with E-state index < -0.39 is 0 Å². The van der Waals surface area contributed by atoms with Crippen LogP contribution in [0.1, 0.15) is 33.3 Å². The Kier molecular flexibility index (Phi) is 4.91. The van der Waals surface area contributed by atoms with Crippen LogP contribution in [0.25, 0.3) is 0 Å². The highest BCUT2D eigenvalue weighted by Crippen LogP contribution is 2.21. The second-order valence-electron chi connectivity index (χ2n) is 5.62. The van der Waals surface area contributed by atoms with Crippen LogP contribution in [0.3, 0.4) is 0 Å². The first kappa shape index (κ1) is 14.7. The third-order valence-corrected chi connectivity index (χ3v) is 3.46. The van der Waals surface area contributed by atoms with Gasteiger partial charge in [-0.25, -0.2) is 0 Å². The summed E-state index contributed by atoms with van der Waals surface area (Å²) in [5.41, 5.74) is 6.87. The average molecular weight is 248 g/mol. The molecule has 1 rings (SSSR count). The zero-order valence-corrected chi connectivity index (χ0v) is 11.7. The number of rotatable bonds is 5. The first-order valence-corrected chi connectivity index (χ1v) is 6.43. The lowest BCUT2D eigenvalue weighted by atomic mass is 9.84. The number of nitrogens with one attached hydrogen (secondary N) is 1. The second-order valence-corrected chi connectivity index (χ2v) is 5.62. The maximum absolute atomic E-state index is 11.9. The van der Waals surface area contributed by atoms with E-state index in [1.807, 2.05) is 32.0 Å². The topological polar surface area (TPSA) is 55.1 Å². The van der Waals surface area contributed by atoms with Crippen molar-refractivity contribution in [2.75, 3.05) is 6.54 Å². The summed E-state index contributed by atoms with van der Waals surface area (Å²) in [6.07, 6.45) is 0. The summed E-state index contributed by atoms with van der Waals surface area (Å²) < 4.78 is 0. The van der Waals surface area contributed by atoms with E-state index in [0.717, 1.165) is 0 Å². The molecule has 2 atom stereocenters. The largest absolute Gasteiger partial charge is 0.355 e. The number of amides is 1. The van der Waals surface area contributed by atoms with Crippen LogP contribution < -0.4 is 11.1 Å². The summed E-state index contributed by atoms with van der Waals surface area (Å²) in [6, 6.07) is 10.1. The molecule has 1 amide bonds. The van der Waals surface area contributed by atoms with Crippen molar-refractivity contribution in [3.8, 4) is 0 Å². The van der Waals surface area contributed by atoms with Crippen molar-refractivity contribution in [3.63, 3.8) is 0 Å². The van der Waals surface area contributed by atoms with Gasteiger partial charge in [0.15, 0.2) is 0 Å². The van der Waals surface area contributed by atoms with Crippen molar-refractivity contribution in [1.29, 1.82) is 0 Å². The Labute approximate surface area is 110 Å². The molecule has 0 aliphatic heterocycles. The van der Waals surface area contributed by atoms with Crippen LogP contribution in [-0.4, -0.2) is 18.5 Å². The molecule has 3 N–H and O–H groups in total. The van der Waals surface area contributed by atoms with E-state index in [9.17, 15) is 4.79 Å². The zero-order valence-electron chi connectivity index (χ0n) is 11.7. The summed E-state index contributed by atoms with van der Waals surface area (Å²) in [7, 11) is 0. The maximum atomic E-state index is 11.9. The third-order valence-electron chi connectivity index (χ3n) is 3.46. The van der Waals surface area contributed by atoms with Crippen molar-refractivity contribution in [2.45, 2.75) is 39.2 Å². The smallest absolute Gasteiger partial charge is 0.224 e. The number of benzene rings is 1. The van der Waals surface area contributed by atoms with Gasteiger partial charge < -0.3 is 11.1 Å². The van der Waals surface area contributed by atoms with Gasteiger partial charge >= 0.3 is 0 Å². The fraction of sp³-hybridized carbons (Fsp3) is 0.533. The molecule has 0 heterocycles. The van der Waals surface area contributed by atoms with Gasteiger partial charge in [-0.2, -0.15) is 0 Å². The molecular weight excluding hydrogens is 224 g/mol. The molecular formula is C15H24N2O. The van der Waals surface area contributed by atoms with Crippen LogP contribution in [0.4, 0.5) is 0 Å². The van der Waals surface area contributed by atoms with Crippen molar-refractivity contribution >= 4 is 5.91 Å². The van der Waals surface area contributed by atoms with E-state index in [0.29, 0.717) is 6.54 Å². The highest BCUT2D eigenvalue weighted by molar-refractivity contribution is 5.79. The number of hydrogen-bond donors (Lipinski definition) is 2. The first-order valence-electron chi connectivity index (χ1n) is 6.43. The zero-order chi connectivity index (χ0) is 13.8. The number of nitrogens with two attached hydrogens (primary N) is 1. The molecule has 0 aliphatic rings.